The molecule has 0 bridgehead atoms. The normalized spacial score (nSPS) is 10.3. The van der Waals surface area contributed by atoms with E-state index in [1.807, 2.05) is 19.1 Å². The molecule has 0 amide bonds. The molecule has 78 valence electrons. The molecule has 0 atom stereocenters. The molecule has 0 aliphatic rings. The van der Waals surface area contributed by atoms with E-state index in [-0.39, 0.29) is 0 Å². The Morgan fingerprint density at radius 2 is 2.00 bits per heavy atom. The summed E-state index contributed by atoms with van der Waals surface area (Å²) in [5.74, 6) is 0. The molecule has 14 heavy (non-hydrogen) atoms. The smallest absolute Gasteiger partial charge is 0.0641 e. The molecule has 2 nitrogen and oxygen atoms in total. The summed E-state index contributed by atoms with van der Waals surface area (Å²) >= 11 is 12.0. The van der Waals surface area contributed by atoms with Gasteiger partial charge in [-0.05, 0) is 24.6 Å². The summed E-state index contributed by atoms with van der Waals surface area (Å²) in [7, 11) is 1.66. The summed E-state index contributed by atoms with van der Waals surface area (Å²) in [6, 6.07) is 3.67. The van der Waals surface area contributed by atoms with Crippen molar-refractivity contribution in [1.82, 2.24) is 0 Å². The fourth-order valence-electron chi connectivity index (χ4n) is 1.07. The lowest BCUT2D eigenvalue weighted by Gasteiger charge is -2.09. The Morgan fingerprint density at radius 3 is 2.64 bits per heavy atom. The number of ether oxygens (including phenoxy) is 1. The van der Waals surface area contributed by atoms with Crippen molar-refractivity contribution in [3.63, 3.8) is 0 Å². The standard InChI is InChI=1S/C10H13Cl2NO/c1-7-5-9(12)10(6-8(7)11)13-3-4-14-2/h5-6,13H,3-4H2,1-2H3. The third-order valence-corrected chi connectivity index (χ3v) is 2.59. The van der Waals surface area contributed by atoms with Gasteiger partial charge in [-0.15, -0.1) is 0 Å². The van der Waals surface area contributed by atoms with Gasteiger partial charge in [0, 0.05) is 18.7 Å². The molecule has 1 N–H and O–H groups in total. The molecule has 0 saturated carbocycles. The second-order valence-electron chi connectivity index (χ2n) is 3.00. The number of rotatable bonds is 4. The maximum atomic E-state index is 6.02. The monoisotopic (exact) mass is 233 g/mol. The molecule has 0 aromatic heterocycles. The zero-order chi connectivity index (χ0) is 10.6. The van der Waals surface area contributed by atoms with E-state index in [9.17, 15) is 0 Å². The Labute approximate surface area is 94.2 Å². The number of hydrogen-bond donors (Lipinski definition) is 1. The van der Waals surface area contributed by atoms with Crippen molar-refractivity contribution in [3.05, 3.63) is 27.7 Å². The molecule has 1 rings (SSSR count). The van der Waals surface area contributed by atoms with Gasteiger partial charge in [0.05, 0.1) is 17.3 Å². The van der Waals surface area contributed by atoms with Gasteiger partial charge in [0.25, 0.3) is 0 Å². The minimum Gasteiger partial charge on any atom is -0.383 e. The highest BCUT2D eigenvalue weighted by Gasteiger charge is 2.03. The third-order valence-electron chi connectivity index (χ3n) is 1.87. The molecular weight excluding hydrogens is 221 g/mol. The second-order valence-corrected chi connectivity index (χ2v) is 3.82. The average Bonchev–Trinajstić information content (AvgIpc) is 2.14. The Bertz CT molecular complexity index is 315. The van der Waals surface area contributed by atoms with Crippen LogP contribution in [0.4, 0.5) is 5.69 Å². The van der Waals surface area contributed by atoms with Gasteiger partial charge < -0.3 is 10.1 Å². The van der Waals surface area contributed by atoms with Crippen LogP contribution in [-0.2, 0) is 4.74 Å². The van der Waals surface area contributed by atoms with Crippen LogP contribution < -0.4 is 5.32 Å². The van der Waals surface area contributed by atoms with Crippen LogP contribution in [0.15, 0.2) is 12.1 Å². The number of anilines is 1. The number of halogens is 2. The van der Waals surface area contributed by atoms with E-state index < -0.39 is 0 Å². The number of hydrogen-bond acceptors (Lipinski definition) is 2. The Balaban J connectivity index is 2.72. The van der Waals surface area contributed by atoms with Crippen molar-refractivity contribution < 1.29 is 4.74 Å². The number of benzene rings is 1. The quantitative estimate of drug-likeness (QED) is 0.806. The lowest BCUT2D eigenvalue weighted by atomic mass is 10.2. The Morgan fingerprint density at radius 1 is 1.29 bits per heavy atom. The summed E-state index contributed by atoms with van der Waals surface area (Å²) in [6.45, 7) is 3.28. The van der Waals surface area contributed by atoms with Crippen LogP contribution >= 0.6 is 23.2 Å². The topological polar surface area (TPSA) is 21.3 Å². The Hall–Kier alpha value is -0.440. The van der Waals surface area contributed by atoms with Crippen LogP contribution in [0, 0.1) is 6.92 Å². The van der Waals surface area contributed by atoms with Crippen LogP contribution in [-0.4, -0.2) is 20.3 Å². The lowest BCUT2D eigenvalue weighted by Crippen LogP contribution is -2.07. The minimum atomic E-state index is 0.641. The summed E-state index contributed by atoms with van der Waals surface area (Å²) in [5, 5.41) is 4.54. The summed E-state index contributed by atoms with van der Waals surface area (Å²) < 4.78 is 4.92. The molecule has 1 aromatic carbocycles. The molecule has 0 spiro atoms. The zero-order valence-corrected chi connectivity index (χ0v) is 9.74. The van der Waals surface area contributed by atoms with E-state index in [2.05, 4.69) is 5.32 Å². The fraction of sp³-hybridized carbons (Fsp3) is 0.400. The van der Waals surface area contributed by atoms with Crippen molar-refractivity contribution in [3.8, 4) is 0 Å². The first-order chi connectivity index (χ1) is 6.65. The highest BCUT2D eigenvalue weighted by Crippen LogP contribution is 2.28. The second kappa shape index (κ2) is 5.44. The van der Waals surface area contributed by atoms with Crippen LogP contribution in [0.1, 0.15) is 5.56 Å². The molecule has 0 aliphatic heterocycles. The van der Waals surface area contributed by atoms with Crippen molar-refractivity contribution in [2.45, 2.75) is 6.92 Å². The molecule has 4 heteroatoms. The first kappa shape index (κ1) is 11.6. The van der Waals surface area contributed by atoms with Crippen LogP contribution in [0.25, 0.3) is 0 Å². The largest absolute Gasteiger partial charge is 0.383 e. The van der Waals surface area contributed by atoms with Crippen LogP contribution in [0.5, 0.6) is 0 Å². The molecule has 0 aliphatic carbocycles. The number of methoxy groups -OCH3 is 1. The van der Waals surface area contributed by atoms with Gasteiger partial charge in [-0.3, -0.25) is 0 Å². The lowest BCUT2D eigenvalue weighted by molar-refractivity contribution is 0.211. The number of nitrogens with one attached hydrogen (secondary N) is 1. The van der Waals surface area contributed by atoms with Gasteiger partial charge in [0.2, 0.25) is 0 Å². The van der Waals surface area contributed by atoms with E-state index in [0.29, 0.717) is 16.7 Å². The predicted octanol–water partition coefficient (Wildman–Crippen LogP) is 3.36. The molecule has 0 fully saturated rings. The van der Waals surface area contributed by atoms with Gasteiger partial charge in [0.15, 0.2) is 0 Å². The molecule has 1 aromatic rings. The van der Waals surface area contributed by atoms with Crippen molar-refractivity contribution in [2.24, 2.45) is 0 Å². The fourth-order valence-corrected chi connectivity index (χ4v) is 1.52. The first-order valence-electron chi connectivity index (χ1n) is 4.33. The minimum absolute atomic E-state index is 0.641. The molecule has 0 heterocycles. The molecule has 0 saturated heterocycles. The van der Waals surface area contributed by atoms with Gasteiger partial charge in [-0.25, -0.2) is 0 Å². The van der Waals surface area contributed by atoms with Gasteiger partial charge >= 0.3 is 0 Å². The van der Waals surface area contributed by atoms with Gasteiger partial charge in [-0.1, -0.05) is 23.2 Å². The average molecular weight is 234 g/mol. The van der Waals surface area contributed by atoms with Crippen LogP contribution in [0.3, 0.4) is 0 Å². The number of aryl methyl sites for hydroxylation is 1. The third kappa shape index (κ3) is 3.05. The maximum Gasteiger partial charge on any atom is 0.0641 e. The molecular formula is C10H13Cl2NO. The molecule has 0 unspecified atom stereocenters. The van der Waals surface area contributed by atoms with Crippen molar-refractivity contribution >= 4 is 28.9 Å². The van der Waals surface area contributed by atoms with E-state index in [1.165, 1.54) is 0 Å². The van der Waals surface area contributed by atoms with E-state index in [4.69, 9.17) is 27.9 Å². The van der Waals surface area contributed by atoms with Gasteiger partial charge in [-0.2, -0.15) is 0 Å². The van der Waals surface area contributed by atoms with E-state index >= 15 is 0 Å². The summed E-state index contributed by atoms with van der Waals surface area (Å²) in [4.78, 5) is 0. The summed E-state index contributed by atoms with van der Waals surface area (Å²) in [5.41, 5.74) is 1.83. The SMILES string of the molecule is COCCNc1cc(Cl)c(C)cc1Cl. The van der Waals surface area contributed by atoms with E-state index in [0.717, 1.165) is 17.8 Å². The maximum absolute atomic E-state index is 6.02. The van der Waals surface area contributed by atoms with E-state index in [1.54, 1.807) is 7.11 Å². The first-order valence-corrected chi connectivity index (χ1v) is 5.09. The zero-order valence-electron chi connectivity index (χ0n) is 8.23. The highest BCUT2D eigenvalue weighted by atomic mass is 35.5. The Kier molecular flexibility index (Phi) is 4.52. The van der Waals surface area contributed by atoms with Crippen molar-refractivity contribution in [1.29, 1.82) is 0 Å². The predicted molar refractivity (Wildman–Crippen MR) is 61.6 cm³/mol. The van der Waals surface area contributed by atoms with Gasteiger partial charge in [0.1, 0.15) is 0 Å². The van der Waals surface area contributed by atoms with Crippen LogP contribution in [0.2, 0.25) is 10.0 Å². The highest BCUT2D eigenvalue weighted by molar-refractivity contribution is 6.35. The van der Waals surface area contributed by atoms with Crippen molar-refractivity contribution in [2.75, 3.05) is 25.6 Å². The summed E-state index contributed by atoms with van der Waals surface area (Å²) in [6.07, 6.45) is 0. The molecule has 0 radical (unpaired) electrons.